The fraction of sp³-hybridized carbons (Fsp3) is 0.333. The van der Waals surface area contributed by atoms with E-state index in [2.05, 4.69) is 26.8 Å². The Morgan fingerprint density at radius 3 is 2.25 bits per heavy atom. The Balaban J connectivity index is 2.30. The lowest BCUT2D eigenvalue weighted by Crippen LogP contribution is -2.17. The van der Waals surface area contributed by atoms with E-state index < -0.39 is 11.7 Å². The highest BCUT2D eigenvalue weighted by molar-refractivity contribution is 6.01. The number of halogens is 3. The van der Waals surface area contributed by atoms with Gasteiger partial charge in [-0.1, -0.05) is 64.3 Å². The number of rotatable bonds is 6. The number of hydrogen-bond acceptors (Lipinski definition) is 2. The molecule has 2 nitrogen and oxygen atoms in total. The van der Waals surface area contributed by atoms with Gasteiger partial charge in [0.15, 0.2) is 0 Å². The van der Waals surface area contributed by atoms with E-state index in [0.717, 1.165) is 48.8 Å². The van der Waals surface area contributed by atoms with E-state index in [1.807, 2.05) is 24.3 Å². The molecule has 0 aliphatic rings. The van der Waals surface area contributed by atoms with Gasteiger partial charge in [0.05, 0.1) is 16.7 Å². The van der Waals surface area contributed by atoms with Crippen LogP contribution in [0, 0.1) is 22.7 Å². The highest BCUT2D eigenvalue weighted by Crippen LogP contribution is 2.40. The van der Waals surface area contributed by atoms with Crippen molar-refractivity contribution in [3.63, 3.8) is 0 Å². The zero-order chi connectivity index (χ0) is 23.5. The second-order valence-corrected chi connectivity index (χ2v) is 8.75. The third kappa shape index (κ3) is 4.63. The lowest BCUT2D eigenvalue weighted by atomic mass is 9.78. The first-order chi connectivity index (χ1) is 15.1. The molecule has 0 amide bonds. The van der Waals surface area contributed by atoms with Gasteiger partial charge in [0.25, 0.3) is 0 Å². The average Bonchev–Trinajstić information content (AvgIpc) is 2.76. The lowest BCUT2D eigenvalue weighted by Gasteiger charge is -2.26. The smallest absolute Gasteiger partial charge is 0.192 e. The predicted molar refractivity (Wildman–Crippen MR) is 121 cm³/mol. The molecule has 0 radical (unpaired) electrons. The van der Waals surface area contributed by atoms with Crippen LogP contribution in [-0.4, -0.2) is 0 Å². The molecular formula is C27H25F3N2. The van der Waals surface area contributed by atoms with E-state index in [1.165, 1.54) is 6.07 Å². The molecule has 164 valence electrons. The molecule has 0 N–H and O–H groups in total. The third-order valence-corrected chi connectivity index (χ3v) is 6.04. The molecule has 0 fully saturated rings. The summed E-state index contributed by atoms with van der Waals surface area (Å²) in [7, 11) is 0. The number of hydrogen-bond donors (Lipinski definition) is 0. The van der Waals surface area contributed by atoms with Gasteiger partial charge < -0.3 is 0 Å². The van der Waals surface area contributed by atoms with Crippen LogP contribution < -0.4 is 0 Å². The number of benzene rings is 3. The Hall–Kier alpha value is -3.31. The van der Waals surface area contributed by atoms with Crippen molar-refractivity contribution in [2.75, 3.05) is 0 Å². The summed E-state index contributed by atoms with van der Waals surface area (Å²) in [5, 5.41) is 20.8. The van der Waals surface area contributed by atoms with Crippen LogP contribution in [0.15, 0.2) is 48.5 Å². The van der Waals surface area contributed by atoms with Gasteiger partial charge >= 0.3 is 6.18 Å². The molecule has 0 heterocycles. The van der Waals surface area contributed by atoms with Gasteiger partial charge in [-0.3, -0.25) is 0 Å². The van der Waals surface area contributed by atoms with E-state index in [-0.39, 0.29) is 22.1 Å². The summed E-state index contributed by atoms with van der Waals surface area (Å²) in [5.41, 5.74) is 1.05. The number of nitrogens with zero attached hydrogens (tertiary/aromatic N) is 2. The van der Waals surface area contributed by atoms with Gasteiger partial charge in [-0.05, 0) is 58.0 Å². The summed E-state index contributed by atoms with van der Waals surface area (Å²) < 4.78 is 40.1. The summed E-state index contributed by atoms with van der Waals surface area (Å²) in [6, 6.07) is 16.6. The molecule has 3 aromatic rings. The quantitative estimate of drug-likeness (QED) is 0.368. The number of alkyl halides is 3. The first-order valence-corrected chi connectivity index (χ1v) is 10.7. The molecule has 0 bridgehead atoms. The van der Waals surface area contributed by atoms with E-state index >= 15 is 0 Å². The normalized spacial score (nSPS) is 11.9. The summed E-state index contributed by atoms with van der Waals surface area (Å²) in [6.07, 6.45) is -0.185. The molecule has 0 spiro atoms. The number of nitriles is 2. The fourth-order valence-corrected chi connectivity index (χ4v) is 4.13. The van der Waals surface area contributed by atoms with Crippen molar-refractivity contribution in [2.45, 2.75) is 58.0 Å². The van der Waals surface area contributed by atoms with Crippen molar-refractivity contribution in [3.8, 4) is 23.3 Å². The number of unbranched alkanes of at least 4 members (excludes halogenated alkanes) is 2. The van der Waals surface area contributed by atoms with Gasteiger partial charge in [0.1, 0.15) is 12.1 Å². The third-order valence-electron chi connectivity index (χ3n) is 6.04. The van der Waals surface area contributed by atoms with E-state index in [4.69, 9.17) is 0 Å². The van der Waals surface area contributed by atoms with E-state index in [9.17, 15) is 23.7 Å². The SMILES string of the molecule is CCCCCC(C)(C)c1ccc2cc(C#N)c(C#N)c(-c3cccc(C(F)(F)F)c3)c2c1. The largest absolute Gasteiger partial charge is 0.416 e. The Kier molecular flexibility index (Phi) is 6.60. The highest BCUT2D eigenvalue weighted by Gasteiger charge is 2.31. The Morgan fingerprint density at radius 1 is 0.875 bits per heavy atom. The van der Waals surface area contributed by atoms with Gasteiger partial charge in [-0.15, -0.1) is 0 Å². The minimum atomic E-state index is -4.50. The summed E-state index contributed by atoms with van der Waals surface area (Å²) in [5.74, 6) is 0. The second-order valence-electron chi connectivity index (χ2n) is 8.75. The molecule has 0 aliphatic carbocycles. The van der Waals surface area contributed by atoms with Crippen LogP contribution in [0.4, 0.5) is 13.2 Å². The molecule has 0 saturated carbocycles. The maximum Gasteiger partial charge on any atom is 0.416 e. The molecule has 5 heteroatoms. The van der Waals surface area contributed by atoms with Crippen molar-refractivity contribution in [2.24, 2.45) is 0 Å². The molecule has 3 rings (SSSR count). The maximum atomic E-state index is 13.4. The van der Waals surface area contributed by atoms with Crippen LogP contribution in [0.1, 0.15) is 68.7 Å². The standard InChI is InChI=1S/C27H25F3N2/c1-4-5-6-12-26(2,3)21-11-10-18-13-20(16-31)24(17-32)25(23(18)15-21)19-8-7-9-22(14-19)27(28,29)30/h7-11,13-15H,4-6,12H2,1-3H3. The maximum absolute atomic E-state index is 13.4. The van der Waals surface area contributed by atoms with Gasteiger partial charge in [0, 0.05) is 5.56 Å². The predicted octanol–water partition coefficient (Wildman–Crippen LogP) is 8.13. The van der Waals surface area contributed by atoms with Crippen molar-refractivity contribution < 1.29 is 13.2 Å². The van der Waals surface area contributed by atoms with Crippen LogP contribution in [0.3, 0.4) is 0 Å². The van der Waals surface area contributed by atoms with Crippen LogP contribution in [-0.2, 0) is 11.6 Å². The minimum Gasteiger partial charge on any atom is -0.192 e. The molecule has 3 aromatic carbocycles. The van der Waals surface area contributed by atoms with E-state index in [1.54, 1.807) is 12.1 Å². The topological polar surface area (TPSA) is 47.6 Å². The molecule has 0 aromatic heterocycles. The van der Waals surface area contributed by atoms with Crippen molar-refractivity contribution >= 4 is 10.8 Å². The van der Waals surface area contributed by atoms with Gasteiger partial charge in [-0.2, -0.15) is 23.7 Å². The molecule has 32 heavy (non-hydrogen) atoms. The molecule has 0 aliphatic heterocycles. The second kappa shape index (κ2) is 9.05. The van der Waals surface area contributed by atoms with Crippen LogP contribution >= 0.6 is 0 Å². The first kappa shape index (κ1) is 23.4. The molecule has 0 unspecified atom stereocenters. The first-order valence-electron chi connectivity index (χ1n) is 10.7. The average molecular weight is 435 g/mol. The van der Waals surface area contributed by atoms with Crippen LogP contribution in [0.25, 0.3) is 21.9 Å². The zero-order valence-electron chi connectivity index (χ0n) is 18.5. The monoisotopic (exact) mass is 434 g/mol. The van der Waals surface area contributed by atoms with Crippen molar-refractivity contribution in [3.05, 3.63) is 70.8 Å². The zero-order valence-corrected chi connectivity index (χ0v) is 18.5. The molecule has 0 atom stereocenters. The molecule has 0 saturated heterocycles. The highest BCUT2D eigenvalue weighted by atomic mass is 19.4. The van der Waals surface area contributed by atoms with Gasteiger partial charge in [0.2, 0.25) is 0 Å². The Bertz CT molecular complexity index is 1220. The Morgan fingerprint density at radius 2 is 1.62 bits per heavy atom. The van der Waals surface area contributed by atoms with E-state index in [0.29, 0.717) is 10.9 Å². The molecular weight excluding hydrogens is 409 g/mol. The summed E-state index contributed by atoms with van der Waals surface area (Å²) in [4.78, 5) is 0. The number of fused-ring (bicyclic) bond motifs is 1. The Labute approximate surface area is 186 Å². The van der Waals surface area contributed by atoms with Crippen molar-refractivity contribution in [1.82, 2.24) is 0 Å². The fourth-order valence-electron chi connectivity index (χ4n) is 4.13. The summed E-state index contributed by atoms with van der Waals surface area (Å²) in [6.45, 7) is 6.46. The minimum absolute atomic E-state index is 0.0975. The lowest BCUT2D eigenvalue weighted by molar-refractivity contribution is -0.137. The van der Waals surface area contributed by atoms with Crippen LogP contribution in [0.2, 0.25) is 0 Å². The van der Waals surface area contributed by atoms with Gasteiger partial charge in [-0.25, -0.2) is 0 Å². The van der Waals surface area contributed by atoms with Crippen molar-refractivity contribution in [1.29, 1.82) is 10.5 Å². The summed E-state index contributed by atoms with van der Waals surface area (Å²) >= 11 is 0. The van der Waals surface area contributed by atoms with Crippen LogP contribution in [0.5, 0.6) is 0 Å².